The fourth-order valence-corrected chi connectivity index (χ4v) is 2.73. The molecule has 104 valence electrons. The minimum Gasteiger partial charge on any atom is -0.481 e. The largest absolute Gasteiger partial charge is 0.481 e. The van der Waals surface area contributed by atoms with Crippen molar-refractivity contribution in [1.82, 2.24) is 9.97 Å². The molecule has 2 aromatic rings. The van der Waals surface area contributed by atoms with Crippen LogP contribution < -0.4 is 5.56 Å². The third kappa shape index (κ3) is 3.45. The maximum absolute atomic E-state index is 11.6. The van der Waals surface area contributed by atoms with Gasteiger partial charge in [-0.15, -0.1) is 0 Å². The van der Waals surface area contributed by atoms with Gasteiger partial charge in [-0.25, -0.2) is 4.98 Å². The summed E-state index contributed by atoms with van der Waals surface area (Å²) >= 11 is 5.16. The van der Waals surface area contributed by atoms with Crippen LogP contribution in [0.3, 0.4) is 0 Å². The minimum atomic E-state index is -0.996. The van der Waals surface area contributed by atoms with Gasteiger partial charge in [-0.05, 0) is 46.7 Å². The maximum Gasteiger partial charge on any atom is 0.312 e. The highest BCUT2D eigenvalue weighted by Gasteiger charge is 2.25. The third-order valence-electron chi connectivity index (χ3n) is 2.80. The minimum absolute atomic E-state index is 0.287. The van der Waals surface area contributed by atoms with Crippen molar-refractivity contribution in [3.05, 3.63) is 60.2 Å². The summed E-state index contributed by atoms with van der Waals surface area (Å²) in [7, 11) is 0. The van der Waals surface area contributed by atoms with Gasteiger partial charge in [0.25, 0.3) is 5.56 Å². The van der Waals surface area contributed by atoms with Gasteiger partial charge in [-0.1, -0.05) is 28.1 Å². The van der Waals surface area contributed by atoms with Crippen LogP contribution in [0, 0.1) is 3.57 Å². The molecule has 5 nitrogen and oxygen atoms in total. The summed E-state index contributed by atoms with van der Waals surface area (Å²) in [6.45, 7) is 0. The van der Waals surface area contributed by atoms with E-state index in [9.17, 15) is 14.7 Å². The van der Waals surface area contributed by atoms with Crippen LogP contribution in [-0.4, -0.2) is 21.0 Å². The third-order valence-corrected chi connectivity index (χ3v) is 4.38. The van der Waals surface area contributed by atoms with Crippen LogP contribution in [0.2, 0.25) is 0 Å². The van der Waals surface area contributed by atoms with Gasteiger partial charge in [0.15, 0.2) is 0 Å². The van der Waals surface area contributed by atoms with E-state index in [0.717, 1.165) is 10.0 Å². The van der Waals surface area contributed by atoms with Gasteiger partial charge in [0.1, 0.15) is 9.49 Å². The number of hydrogen-bond acceptors (Lipinski definition) is 3. The molecule has 7 heteroatoms. The summed E-state index contributed by atoms with van der Waals surface area (Å²) < 4.78 is 1.24. The van der Waals surface area contributed by atoms with Crippen LogP contribution in [-0.2, 0) is 11.2 Å². The van der Waals surface area contributed by atoms with Gasteiger partial charge < -0.3 is 10.1 Å². The Hall–Kier alpha value is -1.22. The number of rotatable bonds is 4. The first-order valence-corrected chi connectivity index (χ1v) is 7.56. The van der Waals surface area contributed by atoms with Crippen molar-refractivity contribution in [2.24, 2.45) is 0 Å². The summed E-state index contributed by atoms with van der Waals surface area (Å²) in [5.41, 5.74) is 0.848. The highest BCUT2D eigenvalue weighted by Crippen LogP contribution is 2.23. The molecular weight excluding hydrogens is 439 g/mol. The van der Waals surface area contributed by atoms with E-state index in [2.05, 4.69) is 25.9 Å². The van der Waals surface area contributed by atoms with Crippen molar-refractivity contribution in [3.8, 4) is 0 Å². The van der Waals surface area contributed by atoms with Crippen molar-refractivity contribution in [3.63, 3.8) is 0 Å². The number of nitrogens with one attached hydrogen (secondary N) is 1. The van der Waals surface area contributed by atoms with Gasteiger partial charge >= 0.3 is 5.97 Å². The first-order chi connectivity index (χ1) is 9.49. The number of aromatic amines is 1. The number of benzene rings is 1. The number of halogens is 2. The summed E-state index contributed by atoms with van der Waals surface area (Å²) in [6.07, 6.45) is 1.52. The highest BCUT2D eigenvalue weighted by molar-refractivity contribution is 14.1. The number of carboxylic acids is 1. The zero-order chi connectivity index (χ0) is 14.7. The monoisotopic (exact) mass is 448 g/mol. The molecule has 0 saturated heterocycles. The molecule has 0 radical (unpaired) electrons. The molecule has 1 unspecified atom stereocenters. The molecule has 0 amide bonds. The summed E-state index contributed by atoms with van der Waals surface area (Å²) in [4.78, 5) is 29.5. The van der Waals surface area contributed by atoms with Crippen LogP contribution in [0.15, 0.2) is 39.9 Å². The molecule has 1 heterocycles. The topological polar surface area (TPSA) is 83.0 Å². The summed E-state index contributed by atoms with van der Waals surface area (Å²) in [5, 5.41) is 9.39. The number of aromatic nitrogens is 2. The predicted molar refractivity (Wildman–Crippen MR) is 85.8 cm³/mol. The van der Waals surface area contributed by atoms with Crippen molar-refractivity contribution in [1.29, 1.82) is 0 Å². The average molecular weight is 449 g/mol. The molecule has 1 atom stereocenters. The maximum atomic E-state index is 11.6. The smallest absolute Gasteiger partial charge is 0.312 e. The molecule has 2 N–H and O–H groups in total. The molecule has 1 aromatic carbocycles. The first kappa shape index (κ1) is 15.2. The van der Waals surface area contributed by atoms with E-state index in [-0.39, 0.29) is 12.0 Å². The van der Waals surface area contributed by atoms with E-state index in [1.807, 2.05) is 46.9 Å². The number of hydrogen-bond donors (Lipinski definition) is 2. The molecule has 0 saturated carbocycles. The normalized spacial score (nSPS) is 12.1. The van der Waals surface area contributed by atoms with Gasteiger partial charge in [0, 0.05) is 4.47 Å². The Bertz CT molecular complexity index is 685. The Morgan fingerprint density at radius 2 is 2.05 bits per heavy atom. The van der Waals surface area contributed by atoms with E-state index in [4.69, 9.17) is 0 Å². The fourth-order valence-electron chi connectivity index (χ4n) is 1.80. The zero-order valence-corrected chi connectivity index (χ0v) is 13.9. The number of aliphatic carboxylic acids is 1. The zero-order valence-electron chi connectivity index (χ0n) is 10.1. The fraction of sp³-hybridized carbons (Fsp3) is 0.154. The Kier molecular flexibility index (Phi) is 4.92. The molecule has 0 aliphatic carbocycles. The summed E-state index contributed by atoms with van der Waals surface area (Å²) in [6, 6.07) is 7.40. The number of H-pyrrole nitrogens is 1. The molecule has 0 fully saturated rings. The first-order valence-electron chi connectivity index (χ1n) is 5.69. The van der Waals surface area contributed by atoms with E-state index >= 15 is 0 Å². The van der Waals surface area contributed by atoms with E-state index in [0.29, 0.717) is 9.26 Å². The van der Waals surface area contributed by atoms with Gasteiger partial charge in [0.2, 0.25) is 0 Å². The standard InChI is InChI=1S/C13H10BrIN2O3/c14-8-3-1-7(2-4-8)5-9(13(19)20)11-10(15)12(18)17-6-16-11/h1-4,6,9H,5H2,(H,19,20)(H,16,17,18). The molecule has 0 aliphatic heterocycles. The van der Waals surface area contributed by atoms with Crippen LogP contribution in [0.25, 0.3) is 0 Å². The second-order valence-corrected chi connectivity index (χ2v) is 6.15. The molecule has 0 aliphatic rings. The molecular formula is C13H10BrIN2O3. The van der Waals surface area contributed by atoms with Crippen molar-refractivity contribution >= 4 is 44.5 Å². The molecule has 20 heavy (non-hydrogen) atoms. The number of carboxylic acid groups (broad SMARTS) is 1. The average Bonchev–Trinajstić information content (AvgIpc) is 2.41. The van der Waals surface area contributed by atoms with Crippen LogP contribution in [0.5, 0.6) is 0 Å². The van der Waals surface area contributed by atoms with Crippen LogP contribution >= 0.6 is 38.5 Å². The molecule has 0 spiro atoms. The Morgan fingerprint density at radius 1 is 1.40 bits per heavy atom. The van der Waals surface area contributed by atoms with E-state index in [1.165, 1.54) is 6.33 Å². The second kappa shape index (κ2) is 6.49. The lowest BCUT2D eigenvalue weighted by atomic mass is 9.96. The number of carbonyl (C=O) groups is 1. The lowest BCUT2D eigenvalue weighted by molar-refractivity contribution is -0.138. The second-order valence-electron chi connectivity index (χ2n) is 4.15. The quantitative estimate of drug-likeness (QED) is 0.704. The van der Waals surface area contributed by atoms with Crippen LogP contribution in [0.1, 0.15) is 17.2 Å². The van der Waals surface area contributed by atoms with Crippen molar-refractivity contribution < 1.29 is 9.90 Å². The summed E-state index contributed by atoms with van der Waals surface area (Å²) in [5.74, 6) is -1.84. The SMILES string of the molecule is O=C(O)C(Cc1ccc(Br)cc1)c1nc[nH]c(=O)c1I. The van der Waals surface area contributed by atoms with Crippen molar-refractivity contribution in [2.75, 3.05) is 0 Å². The molecule has 0 bridgehead atoms. The van der Waals surface area contributed by atoms with Gasteiger partial charge in [0.05, 0.1) is 12.0 Å². The Balaban J connectivity index is 2.37. The van der Waals surface area contributed by atoms with Gasteiger partial charge in [-0.3, -0.25) is 9.59 Å². The van der Waals surface area contributed by atoms with E-state index < -0.39 is 11.9 Å². The van der Waals surface area contributed by atoms with E-state index in [1.54, 1.807) is 0 Å². The molecule has 1 aromatic heterocycles. The van der Waals surface area contributed by atoms with Crippen molar-refractivity contribution in [2.45, 2.75) is 12.3 Å². The Morgan fingerprint density at radius 3 is 2.65 bits per heavy atom. The molecule has 2 rings (SSSR count). The predicted octanol–water partition coefficient (Wildman–Crippen LogP) is 2.55. The lowest BCUT2D eigenvalue weighted by Gasteiger charge is -2.13. The number of nitrogens with zero attached hydrogens (tertiary/aromatic N) is 1. The van der Waals surface area contributed by atoms with Crippen LogP contribution in [0.4, 0.5) is 0 Å². The van der Waals surface area contributed by atoms with Gasteiger partial charge in [-0.2, -0.15) is 0 Å². The lowest BCUT2D eigenvalue weighted by Crippen LogP contribution is -2.22. The Labute approximate surface area is 136 Å². The highest BCUT2D eigenvalue weighted by atomic mass is 127.